The van der Waals surface area contributed by atoms with E-state index in [-0.39, 0.29) is 23.0 Å². The maximum absolute atomic E-state index is 13.7. The van der Waals surface area contributed by atoms with Crippen LogP contribution in [0.1, 0.15) is 12.0 Å². The van der Waals surface area contributed by atoms with Gasteiger partial charge in [0, 0.05) is 31.2 Å². The smallest absolute Gasteiger partial charge is 0.243 e. The number of nitrogens with zero attached hydrogens (tertiary/aromatic N) is 2. The van der Waals surface area contributed by atoms with Gasteiger partial charge in [-0.3, -0.25) is 0 Å². The second-order valence-electron chi connectivity index (χ2n) is 5.19. The quantitative estimate of drug-likeness (QED) is 0.885. The first-order valence-electron chi connectivity index (χ1n) is 6.52. The molecule has 0 amide bonds. The maximum atomic E-state index is 13.7. The molecule has 1 fully saturated rings. The Bertz CT molecular complexity index is 589. The predicted octanol–water partition coefficient (Wildman–Crippen LogP) is 0.609. The minimum atomic E-state index is -3.68. The lowest BCUT2D eigenvalue weighted by atomic mass is 10.2. The molecule has 1 heterocycles. The third-order valence-corrected chi connectivity index (χ3v) is 5.70. The Labute approximate surface area is 119 Å². The molecule has 0 aromatic heterocycles. The molecule has 0 bridgehead atoms. The lowest BCUT2D eigenvalue weighted by Gasteiger charge is -2.21. The number of likely N-dealkylation sites (N-methyl/N-ethyl adjacent to an activating group) is 1. The fourth-order valence-corrected chi connectivity index (χ4v) is 4.20. The van der Waals surface area contributed by atoms with Crippen LogP contribution in [0.25, 0.3) is 0 Å². The summed E-state index contributed by atoms with van der Waals surface area (Å²) in [6, 6.07) is 4.25. The third-order valence-electron chi connectivity index (χ3n) is 3.75. The van der Waals surface area contributed by atoms with Gasteiger partial charge in [0.05, 0.1) is 4.90 Å². The van der Waals surface area contributed by atoms with E-state index in [0.717, 1.165) is 6.42 Å². The molecule has 0 saturated carbocycles. The highest BCUT2D eigenvalue weighted by atomic mass is 32.2. The van der Waals surface area contributed by atoms with E-state index in [1.54, 1.807) is 0 Å². The first kappa shape index (κ1) is 15.4. The average Bonchev–Trinajstić information content (AvgIpc) is 2.88. The molecule has 2 rings (SSSR count). The molecule has 1 unspecified atom stereocenters. The Balaban J connectivity index is 2.35. The molecule has 7 heteroatoms. The zero-order valence-corrected chi connectivity index (χ0v) is 12.5. The Morgan fingerprint density at radius 1 is 1.45 bits per heavy atom. The normalized spacial score (nSPS) is 20.8. The van der Waals surface area contributed by atoms with Gasteiger partial charge in [-0.15, -0.1) is 0 Å². The molecule has 1 saturated heterocycles. The first-order chi connectivity index (χ1) is 9.37. The van der Waals surface area contributed by atoms with E-state index >= 15 is 0 Å². The van der Waals surface area contributed by atoms with Gasteiger partial charge in [-0.05, 0) is 32.6 Å². The summed E-state index contributed by atoms with van der Waals surface area (Å²) in [5.41, 5.74) is 5.55. The third kappa shape index (κ3) is 2.71. The molecule has 5 nitrogen and oxygen atoms in total. The lowest BCUT2D eigenvalue weighted by Crippen LogP contribution is -2.35. The number of sulfonamides is 1. The van der Waals surface area contributed by atoms with Crippen molar-refractivity contribution in [2.75, 3.05) is 27.2 Å². The Hall–Kier alpha value is -1.02. The van der Waals surface area contributed by atoms with Crippen molar-refractivity contribution >= 4 is 10.0 Å². The largest absolute Gasteiger partial charge is 0.326 e. The van der Waals surface area contributed by atoms with Crippen molar-refractivity contribution in [2.45, 2.75) is 23.9 Å². The van der Waals surface area contributed by atoms with Gasteiger partial charge < -0.3 is 10.6 Å². The summed E-state index contributed by atoms with van der Waals surface area (Å²) in [6.07, 6.45) is 0.777. The van der Waals surface area contributed by atoms with Gasteiger partial charge in [0.25, 0.3) is 0 Å². The number of rotatable bonds is 4. The van der Waals surface area contributed by atoms with E-state index in [1.807, 2.05) is 19.0 Å². The zero-order chi connectivity index (χ0) is 14.9. The Morgan fingerprint density at radius 2 is 2.15 bits per heavy atom. The topological polar surface area (TPSA) is 66.6 Å². The Kier molecular flexibility index (Phi) is 4.43. The van der Waals surface area contributed by atoms with Gasteiger partial charge in [0.15, 0.2) is 0 Å². The summed E-state index contributed by atoms with van der Waals surface area (Å²) in [7, 11) is 0.166. The van der Waals surface area contributed by atoms with Gasteiger partial charge in [-0.1, -0.05) is 6.07 Å². The molecule has 1 aromatic rings. The van der Waals surface area contributed by atoms with Crippen LogP contribution in [-0.4, -0.2) is 50.8 Å². The van der Waals surface area contributed by atoms with Crippen LogP contribution in [0.5, 0.6) is 0 Å². The van der Waals surface area contributed by atoms with Crippen molar-refractivity contribution in [1.29, 1.82) is 0 Å². The van der Waals surface area contributed by atoms with Crippen LogP contribution in [-0.2, 0) is 16.6 Å². The number of benzene rings is 1. The summed E-state index contributed by atoms with van der Waals surface area (Å²) in [6.45, 7) is 0.744. The van der Waals surface area contributed by atoms with Crippen molar-refractivity contribution in [3.8, 4) is 0 Å². The zero-order valence-electron chi connectivity index (χ0n) is 11.7. The van der Waals surface area contributed by atoms with Gasteiger partial charge in [-0.2, -0.15) is 4.31 Å². The molecule has 20 heavy (non-hydrogen) atoms. The fraction of sp³-hybridized carbons (Fsp3) is 0.538. The predicted molar refractivity (Wildman–Crippen MR) is 75.1 cm³/mol. The highest BCUT2D eigenvalue weighted by Crippen LogP contribution is 2.26. The number of halogens is 1. The summed E-state index contributed by atoms with van der Waals surface area (Å²) >= 11 is 0. The second kappa shape index (κ2) is 5.77. The molecule has 112 valence electrons. The van der Waals surface area contributed by atoms with Crippen LogP contribution in [0.15, 0.2) is 23.1 Å². The van der Waals surface area contributed by atoms with Gasteiger partial charge in [-0.25, -0.2) is 12.8 Å². The summed E-state index contributed by atoms with van der Waals surface area (Å²) < 4.78 is 40.3. The van der Waals surface area contributed by atoms with Crippen LogP contribution < -0.4 is 5.73 Å². The molecule has 1 aliphatic rings. The van der Waals surface area contributed by atoms with Crippen molar-refractivity contribution in [2.24, 2.45) is 5.73 Å². The molecule has 1 aliphatic heterocycles. The summed E-state index contributed by atoms with van der Waals surface area (Å²) in [5, 5.41) is 0. The minimum Gasteiger partial charge on any atom is -0.326 e. The van der Waals surface area contributed by atoms with Gasteiger partial charge >= 0.3 is 0 Å². The van der Waals surface area contributed by atoms with Crippen LogP contribution in [0.3, 0.4) is 0 Å². The average molecular weight is 301 g/mol. The van der Waals surface area contributed by atoms with Crippen molar-refractivity contribution < 1.29 is 12.8 Å². The second-order valence-corrected chi connectivity index (χ2v) is 7.10. The van der Waals surface area contributed by atoms with Crippen molar-refractivity contribution in [3.05, 3.63) is 29.6 Å². The molecule has 0 aliphatic carbocycles. The summed E-state index contributed by atoms with van der Waals surface area (Å²) in [4.78, 5) is 1.99. The van der Waals surface area contributed by atoms with Crippen LogP contribution >= 0.6 is 0 Å². The van der Waals surface area contributed by atoms with E-state index in [0.29, 0.717) is 13.1 Å². The molecule has 0 radical (unpaired) electrons. The number of hydrogen-bond donors (Lipinski definition) is 1. The summed E-state index contributed by atoms with van der Waals surface area (Å²) in [5.74, 6) is -0.572. The maximum Gasteiger partial charge on any atom is 0.243 e. The first-order valence-corrected chi connectivity index (χ1v) is 7.96. The van der Waals surface area contributed by atoms with Gasteiger partial charge in [0.2, 0.25) is 10.0 Å². The minimum absolute atomic E-state index is 0.0144. The van der Waals surface area contributed by atoms with E-state index < -0.39 is 15.8 Å². The van der Waals surface area contributed by atoms with Crippen molar-refractivity contribution in [3.63, 3.8) is 0 Å². The van der Waals surface area contributed by atoms with E-state index in [4.69, 9.17) is 5.73 Å². The SMILES string of the molecule is CN(C)C1CCN(S(=O)(=O)c2cccc(F)c2CN)C1. The molecule has 1 atom stereocenters. The standard InChI is InChI=1S/C13H20FN3O2S/c1-16(2)10-6-7-17(9-10)20(18,19)13-5-3-4-12(14)11(13)8-15/h3-5,10H,6-9,15H2,1-2H3. The monoisotopic (exact) mass is 301 g/mol. The molecule has 0 spiro atoms. The molecule has 2 N–H and O–H groups in total. The number of nitrogens with two attached hydrogens (primary N) is 1. The molecule has 1 aromatic carbocycles. The highest BCUT2D eigenvalue weighted by molar-refractivity contribution is 7.89. The van der Waals surface area contributed by atoms with E-state index in [2.05, 4.69) is 0 Å². The van der Waals surface area contributed by atoms with Crippen LogP contribution in [0.4, 0.5) is 4.39 Å². The number of hydrogen-bond acceptors (Lipinski definition) is 4. The van der Waals surface area contributed by atoms with Crippen LogP contribution in [0.2, 0.25) is 0 Å². The lowest BCUT2D eigenvalue weighted by molar-refractivity contribution is 0.302. The van der Waals surface area contributed by atoms with Gasteiger partial charge in [0.1, 0.15) is 5.82 Å². The Morgan fingerprint density at radius 3 is 2.70 bits per heavy atom. The van der Waals surface area contributed by atoms with Crippen molar-refractivity contribution in [1.82, 2.24) is 9.21 Å². The molecular formula is C13H20FN3O2S. The van der Waals surface area contributed by atoms with Crippen LogP contribution in [0, 0.1) is 5.82 Å². The fourth-order valence-electron chi connectivity index (χ4n) is 2.47. The highest BCUT2D eigenvalue weighted by Gasteiger charge is 2.34. The molecular weight excluding hydrogens is 281 g/mol. The van der Waals surface area contributed by atoms with E-state index in [1.165, 1.54) is 22.5 Å². The van der Waals surface area contributed by atoms with E-state index in [9.17, 15) is 12.8 Å².